The van der Waals surface area contributed by atoms with Gasteiger partial charge in [0, 0.05) is 29.3 Å². The van der Waals surface area contributed by atoms with E-state index in [-0.39, 0.29) is 0 Å². The Bertz CT molecular complexity index is 433. The van der Waals surface area contributed by atoms with E-state index in [9.17, 15) is 0 Å². The molecule has 0 spiro atoms. The first-order valence-electron chi connectivity index (χ1n) is 7.04. The molecule has 2 atom stereocenters. The van der Waals surface area contributed by atoms with E-state index >= 15 is 0 Å². The zero-order valence-electron chi connectivity index (χ0n) is 10.7. The Morgan fingerprint density at radius 3 is 2.83 bits per heavy atom. The van der Waals surface area contributed by atoms with Gasteiger partial charge in [-0.2, -0.15) is 0 Å². The van der Waals surface area contributed by atoms with Crippen molar-refractivity contribution in [1.82, 2.24) is 0 Å². The monoisotopic (exact) mass is 308 g/mol. The molecule has 2 aliphatic rings. The lowest BCUT2D eigenvalue weighted by atomic mass is 9.91. The molecule has 1 saturated carbocycles. The summed E-state index contributed by atoms with van der Waals surface area (Å²) in [4.78, 5) is 2.63. The van der Waals surface area contributed by atoms with Crippen molar-refractivity contribution in [3.8, 4) is 0 Å². The third-order valence-corrected chi connectivity index (χ3v) is 5.32. The summed E-state index contributed by atoms with van der Waals surface area (Å²) in [7, 11) is 0. The van der Waals surface area contributed by atoms with Gasteiger partial charge >= 0.3 is 0 Å². The van der Waals surface area contributed by atoms with Crippen molar-refractivity contribution < 1.29 is 0 Å². The Kier molecular flexibility index (Phi) is 3.62. The number of nitrogens with zero attached hydrogens (tertiary/aromatic N) is 1. The van der Waals surface area contributed by atoms with Crippen LogP contribution in [-0.4, -0.2) is 12.6 Å². The molecule has 1 aliphatic heterocycles. The van der Waals surface area contributed by atoms with Crippen LogP contribution in [0.25, 0.3) is 0 Å². The first-order chi connectivity index (χ1) is 8.79. The number of anilines is 1. The molecule has 1 saturated heterocycles. The summed E-state index contributed by atoms with van der Waals surface area (Å²) < 4.78 is 1.16. The zero-order valence-corrected chi connectivity index (χ0v) is 12.3. The van der Waals surface area contributed by atoms with Gasteiger partial charge in [-0.15, -0.1) is 0 Å². The van der Waals surface area contributed by atoms with Crippen molar-refractivity contribution >= 4 is 21.6 Å². The van der Waals surface area contributed by atoms with E-state index in [4.69, 9.17) is 5.73 Å². The van der Waals surface area contributed by atoms with Crippen LogP contribution in [-0.2, 0) is 6.54 Å². The largest absolute Gasteiger partial charge is 0.368 e. The second-order valence-electron chi connectivity index (χ2n) is 5.57. The minimum Gasteiger partial charge on any atom is -0.368 e. The molecule has 2 unspecified atom stereocenters. The van der Waals surface area contributed by atoms with Crippen molar-refractivity contribution in [2.45, 2.75) is 44.7 Å². The topological polar surface area (TPSA) is 29.3 Å². The van der Waals surface area contributed by atoms with Crippen LogP contribution in [0.1, 0.15) is 37.7 Å². The van der Waals surface area contributed by atoms with Crippen molar-refractivity contribution in [2.24, 2.45) is 11.7 Å². The van der Waals surface area contributed by atoms with Gasteiger partial charge in [0.05, 0.1) is 0 Å². The minimum atomic E-state index is 0.604. The lowest BCUT2D eigenvalue weighted by Gasteiger charge is -2.39. The van der Waals surface area contributed by atoms with Gasteiger partial charge < -0.3 is 10.6 Å². The highest BCUT2D eigenvalue weighted by atomic mass is 79.9. The molecule has 0 radical (unpaired) electrons. The number of hydrogen-bond acceptors (Lipinski definition) is 2. The van der Waals surface area contributed by atoms with Crippen LogP contribution in [0.3, 0.4) is 0 Å². The molecular weight excluding hydrogens is 288 g/mol. The van der Waals surface area contributed by atoms with Crippen LogP contribution in [0.5, 0.6) is 0 Å². The summed E-state index contributed by atoms with van der Waals surface area (Å²) in [6.45, 7) is 1.82. The lowest BCUT2D eigenvalue weighted by molar-refractivity contribution is 0.362. The van der Waals surface area contributed by atoms with Crippen LogP contribution in [0, 0.1) is 5.92 Å². The Balaban J connectivity index is 1.87. The van der Waals surface area contributed by atoms with Crippen molar-refractivity contribution in [3.05, 3.63) is 28.2 Å². The summed E-state index contributed by atoms with van der Waals surface area (Å²) in [5.74, 6) is 0.937. The third kappa shape index (κ3) is 2.19. The van der Waals surface area contributed by atoms with E-state index in [1.807, 2.05) is 0 Å². The molecule has 1 aromatic carbocycles. The number of fused-ring (bicyclic) bond motifs is 1. The normalized spacial score (nSPS) is 27.3. The fourth-order valence-electron chi connectivity index (χ4n) is 3.65. The van der Waals surface area contributed by atoms with Gasteiger partial charge in [0.2, 0.25) is 0 Å². The molecule has 1 aromatic rings. The maximum absolute atomic E-state index is 5.72. The highest BCUT2D eigenvalue weighted by molar-refractivity contribution is 9.10. The van der Waals surface area contributed by atoms with Gasteiger partial charge in [-0.3, -0.25) is 0 Å². The Morgan fingerprint density at radius 1 is 1.22 bits per heavy atom. The fourth-order valence-corrected chi connectivity index (χ4v) is 4.18. The van der Waals surface area contributed by atoms with Gasteiger partial charge in [0.1, 0.15) is 0 Å². The Labute approximate surface area is 118 Å². The average molecular weight is 309 g/mol. The summed E-state index contributed by atoms with van der Waals surface area (Å²) in [5, 5.41) is 0. The first-order valence-corrected chi connectivity index (χ1v) is 7.84. The highest BCUT2D eigenvalue weighted by Crippen LogP contribution is 2.39. The number of benzene rings is 1. The van der Waals surface area contributed by atoms with Gasteiger partial charge in [0.25, 0.3) is 0 Å². The first kappa shape index (κ1) is 12.5. The SMILES string of the molecule is NCc1ccc(N2CCCC3CCCC32)cc1Br. The van der Waals surface area contributed by atoms with Crippen molar-refractivity contribution in [1.29, 1.82) is 0 Å². The number of nitrogens with two attached hydrogens (primary N) is 1. The van der Waals surface area contributed by atoms with Crippen LogP contribution >= 0.6 is 15.9 Å². The zero-order chi connectivity index (χ0) is 12.5. The fraction of sp³-hybridized carbons (Fsp3) is 0.600. The van der Waals surface area contributed by atoms with Crippen LogP contribution in [0.15, 0.2) is 22.7 Å². The average Bonchev–Trinajstić information content (AvgIpc) is 2.86. The molecule has 98 valence electrons. The molecule has 18 heavy (non-hydrogen) atoms. The van der Waals surface area contributed by atoms with E-state index in [2.05, 4.69) is 39.0 Å². The molecule has 2 nitrogen and oxygen atoms in total. The predicted molar refractivity (Wildman–Crippen MR) is 79.7 cm³/mol. The van der Waals surface area contributed by atoms with Crippen molar-refractivity contribution in [3.63, 3.8) is 0 Å². The van der Waals surface area contributed by atoms with Crippen LogP contribution in [0.4, 0.5) is 5.69 Å². The molecule has 3 heteroatoms. The number of hydrogen-bond donors (Lipinski definition) is 1. The number of piperidine rings is 1. The molecule has 0 aromatic heterocycles. The molecule has 0 amide bonds. The molecule has 1 heterocycles. The number of rotatable bonds is 2. The molecule has 2 N–H and O–H groups in total. The molecular formula is C15H21BrN2. The van der Waals surface area contributed by atoms with E-state index in [1.165, 1.54) is 49.9 Å². The summed E-state index contributed by atoms with van der Waals surface area (Å²) in [6.07, 6.45) is 7.00. The molecule has 2 fully saturated rings. The smallest absolute Gasteiger partial charge is 0.0380 e. The summed E-state index contributed by atoms with van der Waals surface area (Å²) in [6, 6.07) is 7.45. The van der Waals surface area contributed by atoms with E-state index in [1.54, 1.807) is 0 Å². The van der Waals surface area contributed by atoms with E-state index in [0.29, 0.717) is 6.54 Å². The molecule has 1 aliphatic carbocycles. The second kappa shape index (κ2) is 5.22. The highest BCUT2D eigenvalue weighted by Gasteiger charge is 2.35. The van der Waals surface area contributed by atoms with E-state index < -0.39 is 0 Å². The third-order valence-electron chi connectivity index (χ3n) is 4.58. The maximum Gasteiger partial charge on any atom is 0.0380 e. The summed E-state index contributed by atoms with van der Waals surface area (Å²) >= 11 is 3.64. The van der Waals surface area contributed by atoms with Gasteiger partial charge in [0.15, 0.2) is 0 Å². The Hall–Kier alpha value is -0.540. The van der Waals surface area contributed by atoms with Gasteiger partial charge in [-0.25, -0.2) is 0 Å². The minimum absolute atomic E-state index is 0.604. The van der Waals surface area contributed by atoms with Crippen LogP contribution in [0.2, 0.25) is 0 Å². The summed E-state index contributed by atoms with van der Waals surface area (Å²) in [5.41, 5.74) is 8.29. The van der Waals surface area contributed by atoms with Gasteiger partial charge in [-0.05, 0) is 49.3 Å². The quantitative estimate of drug-likeness (QED) is 0.903. The predicted octanol–water partition coefficient (Wildman–Crippen LogP) is 3.68. The van der Waals surface area contributed by atoms with E-state index in [0.717, 1.165) is 16.4 Å². The van der Waals surface area contributed by atoms with Crippen LogP contribution < -0.4 is 10.6 Å². The standard InChI is InChI=1S/C15H21BrN2/c16-14-9-13(7-6-12(14)10-17)18-8-2-4-11-3-1-5-15(11)18/h6-7,9,11,15H,1-5,8,10,17H2. The van der Waals surface area contributed by atoms with Gasteiger partial charge in [-0.1, -0.05) is 28.4 Å². The Morgan fingerprint density at radius 2 is 2.06 bits per heavy atom. The maximum atomic E-state index is 5.72. The van der Waals surface area contributed by atoms with Crippen molar-refractivity contribution in [2.75, 3.05) is 11.4 Å². The second-order valence-corrected chi connectivity index (χ2v) is 6.43. The molecule has 3 rings (SSSR count). The lowest BCUT2D eigenvalue weighted by Crippen LogP contribution is -2.42. The molecule has 0 bridgehead atoms. The number of halogens is 1.